The molecule has 5 heteroatoms. The number of likely N-dealkylation sites (N-methyl/N-ethyl adjacent to an activating group) is 1. The maximum Gasteiger partial charge on any atom is 0.257 e. The third-order valence-electron chi connectivity index (χ3n) is 3.43. The molecular formula is C16H20N4O. The molecule has 2 rings (SSSR count). The van der Waals surface area contributed by atoms with Gasteiger partial charge in [0.1, 0.15) is 5.82 Å². The van der Waals surface area contributed by atoms with Gasteiger partial charge in [0.25, 0.3) is 5.91 Å². The number of rotatable bonds is 4. The molecule has 0 aliphatic carbocycles. The Bertz CT molecular complexity index is 617. The van der Waals surface area contributed by atoms with Crippen molar-refractivity contribution in [3.05, 3.63) is 52.9 Å². The van der Waals surface area contributed by atoms with Gasteiger partial charge in [-0.25, -0.2) is 9.97 Å². The van der Waals surface area contributed by atoms with Crippen LogP contribution in [0.3, 0.4) is 0 Å². The summed E-state index contributed by atoms with van der Waals surface area (Å²) in [5.74, 6) is 0.667. The van der Waals surface area contributed by atoms with E-state index in [1.54, 1.807) is 17.3 Å². The highest BCUT2D eigenvalue weighted by atomic mass is 16.2. The Kier molecular flexibility index (Phi) is 4.62. The summed E-state index contributed by atoms with van der Waals surface area (Å²) in [4.78, 5) is 26.8. The molecule has 0 unspecified atom stereocenters. The molecule has 0 saturated heterocycles. The molecule has 110 valence electrons. The van der Waals surface area contributed by atoms with Gasteiger partial charge in [-0.3, -0.25) is 9.78 Å². The molecule has 0 aromatic carbocycles. The first-order valence-corrected chi connectivity index (χ1v) is 6.95. The van der Waals surface area contributed by atoms with Gasteiger partial charge in [-0.15, -0.1) is 0 Å². The Morgan fingerprint density at radius 2 is 1.67 bits per heavy atom. The van der Waals surface area contributed by atoms with Crippen molar-refractivity contribution in [3.63, 3.8) is 0 Å². The first kappa shape index (κ1) is 15.1. The van der Waals surface area contributed by atoms with E-state index in [-0.39, 0.29) is 5.91 Å². The molecule has 0 saturated carbocycles. The second kappa shape index (κ2) is 6.43. The van der Waals surface area contributed by atoms with Crippen molar-refractivity contribution in [3.8, 4) is 0 Å². The van der Waals surface area contributed by atoms with E-state index in [1.807, 2.05) is 40.0 Å². The van der Waals surface area contributed by atoms with Crippen molar-refractivity contribution in [2.24, 2.45) is 0 Å². The number of carbonyl (C=O) groups is 1. The van der Waals surface area contributed by atoms with Crippen LogP contribution in [-0.2, 0) is 6.42 Å². The lowest BCUT2D eigenvalue weighted by Crippen LogP contribution is -2.30. The Morgan fingerprint density at radius 1 is 1.10 bits per heavy atom. The van der Waals surface area contributed by atoms with Crippen LogP contribution in [0.4, 0.5) is 0 Å². The molecule has 0 aliphatic heterocycles. The van der Waals surface area contributed by atoms with Gasteiger partial charge in [0.15, 0.2) is 0 Å². The number of amides is 1. The number of aromatic nitrogens is 3. The molecule has 0 aliphatic rings. The van der Waals surface area contributed by atoms with E-state index < -0.39 is 0 Å². The first-order valence-electron chi connectivity index (χ1n) is 6.95. The zero-order chi connectivity index (χ0) is 15.4. The highest BCUT2D eigenvalue weighted by molar-refractivity contribution is 5.96. The second-order valence-electron chi connectivity index (χ2n) is 5.15. The number of carbonyl (C=O) groups excluding carboxylic acids is 1. The van der Waals surface area contributed by atoms with Crippen molar-refractivity contribution in [1.29, 1.82) is 0 Å². The lowest BCUT2D eigenvalue weighted by molar-refractivity contribution is 0.0794. The van der Waals surface area contributed by atoms with Crippen LogP contribution < -0.4 is 0 Å². The average Bonchev–Trinajstić information content (AvgIpc) is 2.44. The molecule has 0 N–H and O–H groups in total. The van der Waals surface area contributed by atoms with Gasteiger partial charge < -0.3 is 4.90 Å². The number of hydrogen-bond donors (Lipinski definition) is 0. The summed E-state index contributed by atoms with van der Waals surface area (Å²) >= 11 is 0. The summed E-state index contributed by atoms with van der Waals surface area (Å²) in [6.07, 6.45) is 4.33. The predicted molar refractivity (Wildman–Crippen MR) is 81.1 cm³/mol. The van der Waals surface area contributed by atoms with E-state index in [1.165, 1.54) is 5.56 Å². The Hall–Kier alpha value is -2.30. The van der Waals surface area contributed by atoms with Gasteiger partial charge in [0.05, 0.1) is 17.0 Å². The fourth-order valence-electron chi connectivity index (χ4n) is 2.33. The summed E-state index contributed by atoms with van der Waals surface area (Å²) in [7, 11) is 1.81. The molecule has 1 amide bonds. The first-order chi connectivity index (χ1) is 9.99. The van der Waals surface area contributed by atoms with Crippen molar-refractivity contribution in [2.75, 3.05) is 13.6 Å². The SMILES string of the molecule is Cc1nc(C)c(C(=O)N(C)CCc2ccncc2)c(C)n1. The standard InChI is InChI=1S/C16H20N4O/c1-11-15(12(2)19-13(3)18-11)16(21)20(4)10-7-14-5-8-17-9-6-14/h5-6,8-9H,7,10H2,1-4H3. The molecule has 0 fully saturated rings. The van der Waals surface area contributed by atoms with Gasteiger partial charge in [-0.05, 0) is 44.9 Å². The van der Waals surface area contributed by atoms with Gasteiger partial charge in [-0.1, -0.05) is 0 Å². The Morgan fingerprint density at radius 3 is 2.24 bits per heavy atom. The molecule has 2 aromatic rings. The van der Waals surface area contributed by atoms with Crippen LogP contribution in [0.1, 0.15) is 33.1 Å². The lowest BCUT2D eigenvalue weighted by atomic mass is 10.1. The van der Waals surface area contributed by atoms with Crippen LogP contribution in [-0.4, -0.2) is 39.4 Å². The van der Waals surface area contributed by atoms with Gasteiger partial charge in [-0.2, -0.15) is 0 Å². The number of nitrogens with zero attached hydrogens (tertiary/aromatic N) is 4. The maximum absolute atomic E-state index is 12.6. The van der Waals surface area contributed by atoms with E-state index in [0.717, 1.165) is 17.8 Å². The average molecular weight is 284 g/mol. The second-order valence-corrected chi connectivity index (χ2v) is 5.15. The van der Waals surface area contributed by atoms with E-state index in [0.29, 0.717) is 17.9 Å². The van der Waals surface area contributed by atoms with Crippen LogP contribution in [0.15, 0.2) is 24.5 Å². The minimum Gasteiger partial charge on any atom is -0.341 e. The third-order valence-corrected chi connectivity index (χ3v) is 3.43. The van der Waals surface area contributed by atoms with Gasteiger partial charge in [0, 0.05) is 26.0 Å². The largest absolute Gasteiger partial charge is 0.341 e. The summed E-state index contributed by atoms with van der Waals surface area (Å²) < 4.78 is 0. The predicted octanol–water partition coefficient (Wildman–Crippen LogP) is 2.11. The maximum atomic E-state index is 12.6. The molecule has 5 nitrogen and oxygen atoms in total. The molecule has 0 spiro atoms. The zero-order valence-electron chi connectivity index (χ0n) is 12.9. The van der Waals surface area contributed by atoms with Gasteiger partial charge in [0.2, 0.25) is 0 Å². The fraction of sp³-hybridized carbons (Fsp3) is 0.375. The van der Waals surface area contributed by atoms with Gasteiger partial charge >= 0.3 is 0 Å². The van der Waals surface area contributed by atoms with Crippen molar-refractivity contribution < 1.29 is 4.79 Å². The monoisotopic (exact) mass is 284 g/mol. The van der Waals surface area contributed by atoms with Crippen LogP contribution >= 0.6 is 0 Å². The van der Waals surface area contributed by atoms with Crippen molar-refractivity contribution >= 4 is 5.91 Å². The molecule has 0 atom stereocenters. The molecule has 21 heavy (non-hydrogen) atoms. The number of hydrogen-bond acceptors (Lipinski definition) is 4. The smallest absolute Gasteiger partial charge is 0.257 e. The van der Waals surface area contributed by atoms with E-state index in [4.69, 9.17) is 0 Å². The minimum absolute atomic E-state index is 0.0287. The normalized spacial score (nSPS) is 10.5. The molecule has 2 heterocycles. The summed E-state index contributed by atoms with van der Waals surface area (Å²) in [5.41, 5.74) is 3.25. The van der Waals surface area contributed by atoms with Crippen molar-refractivity contribution in [2.45, 2.75) is 27.2 Å². The lowest BCUT2D eigenvalue weighted by Gasteiger charge is -2.19. The molecule has 0 bridgehead atoms. The summed E-state index contributed by atoms with van der Waals surface area (Å²) in [6.45, 7) is 6.19. The highest BCUT2D eigenvalue weighted by Gasteiger charge is 2.18. The summed E-state index contributed by atoms with van der Waals surface area (Å²) in [5, 5.41) is 0. The number of aryl methyl sites for hydroxylation is 3. The quantitative estimate of drug-likeness (QED) is 0.863. The minimum atomic E-state index is -0.0287. The zero-order valence-corrected chi connectivity index (χ0v) is 12.9. The van der Waals surface area contributed by atoms with E-state index in [2.05, 4.69) is 15.0 Å². The van der Waals surface area contributed by atoms with Crippen LogP contribution in [0.25, 0.3) is 0 Å². The topological polar surface area (TPSA) is 59.0 Å². The Labute approximate surface area is 125 Å². The highest BCUT2D eigenvalue weighted by Crippen LogP contribution is 2.13. The Balaban J connectivity index is 2.09. The molecule has 0 radical (unpaired) electrons. The number of pyridine rings is 1. The third kappa shape index (κ3) is 3.62. The van der Waals surface area contributed by atoms with Crippen LogP contribution in [0.2, 0.25) is 0 Å². The van der Waals surface area contributed by atoms with E-state index in [9.17, 15) is 4.79 Å². The van der Waals surface area contributed by atoms with E-state index >= 15 is 0 Å². The van der Waals surface area contributed by atoms with Crippen molar-refractivity contribution in [1.82, 2.24) is 19.9 Å². The summed E-state index contributed by atoms with van der Waals surface area (Å²) in [6, 6.07) is 3.92. The molecular weight excluding hydrogens is 264 g/mol. The fourth-order valence-corrected chi connectivity index (χ4v) is 2.33. The molecule has 2 aromatic heterocycles. The van der Waals surface area contributed by atoms with Crippen LogP contribution in [0.5, 0.6) is 0 Å². The van der Waals surface area contributed by atoms with Crippen LogP contribution in [0, 0.1) is 20.8 Å².